The molecule has 8 nitrogen and oxygen atoms in total. The third-order valence-electron chi connectivity index (χ3n) is 3.13. The summed E-state index contributed by atoms with van der Waals surface area (Å²) >= 11 is 1.26. The standard InChI is InChI=1S/C14H11N3O5S/c18-11(16-14-15-3-4-23-14)6-17-9-5-8(13(20)21)1-2-10(9)22-7-12(17)19/h1-5H,6-7H2,(H,20,21)(H,15,16,18). The number of thiazole rings is 1. The number of ether oxygens (including phenoxy) is 1. The van der Waals surface area contributed by atoms with Gasteiger partial charge in [-0.15, -0.1) is 11.3 Å². The third kappa shape index (κ3) is 3.14. The number of carboxylic acids is 1. The number of anilines is 2. The number of benzene rings is 1. The van der Waals surface area contributed by atoms with Crippen molar-refractivity contribution >= 4 is 39.9 Å². The van der Waals surface area contributed by atoms with Crippen LogP contribution in [0.25, 0.3) is 0 Å². The minimum atomic E-state index is -1.13. The third-order valence-corrected chi connectivity index (χ3v) is 3.82. The summed E-state index contributed by atoms with van der Waals surface area (Å²) in [5.41, 5.74) is 0.267. The highest BCUT2D eigenvalue weighted by molar-refractivity contribution is 7.13. The maximum Gasteiger partial charge on any atom is 0.335 e. The fourth-order valence-electron chi connectivity index (χ4n) is 2.10. The molecule has 1 aliphatic rings. The van der Waals surface area contributed by atoms with E-state index in [2.05, 4.69) is 10.3 Å². The van der Waals surface area contributed by atoms with Gasteiger partial charge in [0, 0.05) is 11.6 Å². The number of hydrogen-bond acceptors (Lipinski definition) is 6. The maximum absolute atomic E-state index is 12.1. The van der Waals surface area contributed by atoms with Gasteiger partial charge < -0.3 is 15.2 Å². The van der Waals surface area contributed by atoms with Crippen LogP contribution in [0.2, 0.25) is 0 Å². The Morgan fingerprint density at radius 2 is 2.26 bits per heavy atom. The van der Waals surface area contributed by atoms with Gasteiger partial charge in [-0.25, -0.2) is 9.78 Å². The first kappa shape index (κ1) is 15.0. The monoisotopic (exact) mass is 333 g/mol. The van der Waals surface area contributed by atoms with Crippen molar-refractivity contribution in [3.63, 3.8) is 0 Å². The number of aromatic nitrogens is 1. The summed E-state index contributed by atoms with van der Waals surface area (Å²) in [6.45, 7) is -0.457. The predicted octanol–water partition coefficient (Wildman–Crippen LogP) is 1.21. The predicted molar refractivity (Wildman–Crippen MR) is 82.0 cm³/mol. The van der Waals surface area contributed by atoms with E-state index < -0.39 is 17.8 Å². The lowest BCUT2D eigenvalue weighted by molar-refractivity contribution is -0.123. The number of rotatable bonds is 4. The molecule has 3 rings (SSSR count). The van der Waals surface area contributed by atoms with Gasteiger partial charge >= 0.3 is 5.97 Å². The van der Waals surface area contributed by atoms with Gasteiger partial charge in [0.15, 0.2) is 11.7 Å². The van der Waals surface area contributed by atoms with E-state index >= 15 is 0 Å². The normalized spacial score (nSPS) is 13.2. The molecule has 2 aromatic rings. The zero-order chi connectivity index (χ0) is 16.4. The lowest BCUT2D eigenvalue weighted by Crippen LogP contribution is -2.43. The van der Waals surface area contributed by atoms with Gasteiger partial charge in [-0.05, 0) is 18.2 Å². The minimum Gasteiger partial charge on any atom is -0.482 e. The van der Waals surface area contributed by atoms with Crippen LogP contribution in [0.1, 0.15) is 10.4 Å². The van der Waals surface area contributed by atoms with Crippen LogP contribution in [0.5, 0.6) is 5.75 Å². The first-order valence-corrected chi connectivity index (χ1v) is 7.42. The van der Waals surface area contributed by atoms with Crippen molar-refractivity contribution in [2.75, 3.05) is 23.4 Å². The Morgan fingerprint density at radius 3 is 2.96 bits per heavy atom. The van der Waals surface area contributed by atoms with Gasteiger partial charge in [-0.1, -0.05) is 0 Å². The number of amides is 2. The van der Waals surface area contributed by atoms with E-state index in [0.717, 1.165) is 0 Å². The lowest BCUT2D eigenvalue weighted by atomic mass is 10.1. The topological polar surface area (TPSA) is 109 Å². The Bertz CT molecular complexity index is 775. The van der Waals surface area contributed by atoms with E-state index in [4.69, 9.17) is 9.84 Å². The number of nitrogens with one attached hydrogen (secondary N) is 1. The molecule has 2 heterocycles. The van der Waals surface area contributed by atoms with Crippen LogP contribution in [0.4, 0.5) is 10.8 Å². The van der Waals surface area contributed by atoms with Gasteiger partial charge in [0.25, 0.3) is 5.91 Å². The van der Waals surface area contributed by atoms with Crippen molar-refractivity contribution < 1.29 is 24.2 Å². The highest BCUT2D eigenvalue weighted by atomic mass is 32.1. The van der Waals surface area contributed by atoms with Crippen molar-refractivity contribution in [3.05, 3.63) is 35.3 Å². The number of fused-ring (bicyclic) bond motifs is 1. The van der Waals surface area contributed by atoms with Crippen LogP contribution < -0.4 is 15.0 Å². The van der Waals surface area contributed by atoms with Crippen LogP contribution in [-0.2, 0) is 9.59 Å². The van der Waals surface area contributed by atoms with Crippen LogP contribution in [0.3, 0.4) is 0 Å². The summed E-state index contributed by atoms with van der Waals surface area (Å²) in [7, 11) is 0. The zero-order valence-corrected chi connectivity index (χ0v) is 12.5. The second-order valence-electron chi connectivity index (χ2n) is 4.64. The van der Waals surface area contributed by atoms with Crippen LogP contribution in [-0.4, -0.2) is 41.0 Å². The van der Waals surface area contributed by atoms with Crippen molar-refractivity contribution in [2.45, 2.75) is 0 Å². The minimum absolute atomic E-state index is 0.00683. The summed E-state index contributed by atoms with van der Waals surface area (Å²) in [5.74, 6) is -1.62. The largest absolute Gasteiger partial charge is 0.482 e. The molecule has 9 heteroatoms. The van der Waals surface area contributed by atoms with Gasteiger partial charge in [-0.3, -0.25) is 14.5 Å². The summed E-state index contributed by atoms with van der Waals surface area (Å²) in [6.07, 6.45) is 1.55. The van der Waals surface area contributed by atoms with Crippen LogP contribution in [0, 0.1) is 0 Å². The molecule has 1 aliphatic heterocycles. The highest BCUT2D eigenvalue weighted by Gasteiger charge is 2.28. The molecule has 1 aromatic heterocycles. The van der Waals surface area contributed by atoms with Gasteiger partial charge in [-0.2, -0.15) is 0 Å². The zero-order valence-electron chi connectivity index (χ0n) is 11.7. The number of carbonyl (C=O) groups excluding carboxylic acids is 2. The molecule has 23 heavy (non-hydrogen) atoms. The SMILES string of the molecule is O=C(CN1C(=O)COc2ccc(C(=O)O)cc21)Nc1nccs1. The molecule has 118 valence electrons. The second-order valence-corrected chi connectivity index (χ2v) is 5.54. The smallest absolute Gasteiger partial charge is 0.335 e. The second kappa shape index (κ2) is 6.05. The average Bonchev–Trinajstić information content (AvgIpc) is 3.02. The van der Waals surface area contributed by atoms with Crippen molar-refractivity contribution in [2.24, 2.45) is 0 Å². The number of carboxylic acid groups (broad SMARTS) is 1. The van der Waals surface area contributed by atoms with Crippen molar-refractivity contribution in [3.8, 4) is 5.75 Å². The van der Waals surface area contributed by atoms with Gasteiger partial charge in [0.05, 0.1) is 11.3 Å². The average molecular weight is 333 g/mol. The number of carbonyl (C=O) groups is 3. The van der Waals surface area contributed by atoms with E-state index in [0.29, 0.717) is 10.9 Å². The molecule has 0 fully saturated rings. The van der Waals surface area contributed by atoms with E-state index in [-0.39, 0.29) is 24.4 Å². The van der Waals surface area contributed by atoms with Gasteiger partial charge in [0.2, 0.25) is 5.91 Å². The molecule has 2 amide bonds. The van der Waals surface area contributed by atoms with E-state index in [1.807, 2.05) is 0 Å². The first-order valence-electron chi connectivity index (χ1n) is 6.54. The maximum atomic E-state index is 12.1. The molecule has 0 aliphatic carbocycles. The molecule has 0 atom stereocenters. The molecule has 0 spiro atoms. The fraction of sp³-hybridized carbons (Fsp3) is 0.143. The summed E-state index contributed by atoms with van der Waals surface area (Å²) < 4.78 is 5.26. The first-order chi connectivity index (χ1) is 11.0. The van der Waals surface area contributed by atoms with Crippen LogP contribution in [0.15, 0.2) is 29.8 Å². The van der Waals surface area contributed by atoms with E-state index in [9.17, 15) is 14.4 Å². The quantitative estimate of drug-likeness (QED) is 0.870. The van der Waals surface area contributed by atoms with E-state index in [1.165, 1.54) is 34.4 Å². The molecular weight excluding hydrogens is 322 g/mol. The Hall–Kier alpha value is -2.94. The molecular formula is C14H11N3O5S. The number of aromatic carboxylic acids is 1. The molecule has 0 saturated heterocycles. The Kier molecular flexibility index (Phi) is 3.94. The Morgan fingerprint density at radius 1 is 1.43 bits per heavy atom. The number of hydrogen-bond donors (Lipinski definition) is 2. The molecule has 0 radical (unpaired) electrons. The molecule has 2 N–H and O–H groups in total. The summed E-state index contributed by atoms with van der Waals surface area (Å²) in [4.78, 5) is 40.3. The van der Waals surface area contributed by atoms with Crippen LogP contribution >= 0.6 is 11.3 Å². The van der Waals surface area contributed by atoms with Crippen molar-refractivity contribution in [1.82, 2.24) is 4.98 Å². The summed E-state index contributed by atoms with van der Waals surface area (Å²) in [5, 5.41) is 13.8. The lowest BCUT2D eigenvalue weighted by Gasteiger charge is -2.28. The fourth-order valence-corrected chi connectivity index (χ4v) is 2.64. The van der Waals surface area contributed by atoms with Crippen molar-refractivity contribution in [1.29, 1.82) is 0 Å². The molecule has 0 saturated carbocycles. The Labute approximate surface area is 134 Å². The van der Waals surface area contributed by atoms with Gasteiger partial charge in [0.1, 0.15) is 12.3 Å². The molecule has 1 aromatic carbocycles. The summed E-state index contributed by atoms with van der Waals surface area (Å²) in [6, 6.07) is 4.16. The van der Waals surface area contributed by atoms with E-state index in [1.54, 1.807) is 11.6 Å². The molecule has 0 bridgehead atoms. The Balaban J connectivity index is 1.84. The number of nitrogens with zero attached hydrogens (tertiary/aromatic N) is 2. The molecule has 0 unspecified atom stereocenters. The highest BCUT2D eigenvalue weighted by Crippen LogP contribution is 2.33.